The zero-order valence-electron chi connectivity index (χ0n) is 21.5. The Morgan fingerprint density at radius 2 is 1.48 bits per heavy atom. The predicted octanol–water partition coefficient (Wildman–Crippen LogP) is 6.17. The maximum absolute atomic E-state index is 14.0. The minimum Gasteiger partial charge on any atom is -0.496 e. The van der Waals surface area contributed by atoms with Gasteiger partial charge in [-0.05, 0) is 47.4 Å². The molecule has 4 aromatic carbocycles. The molecule has 1 N–H and O–H groups in total. The van der Waals surface area contributed by atoms with E-state index in [0.717, 1.165) is 28.0 Å². The Hall–Kier alpha value is -4.27. The molecule has 5 rings (SSSR count). The fraction of sp³-hybridized carbons (Fsp3) is 0.161. The predicted molar refractivity (Wildman–Crippen MR) is 153 cm³/mol. The number of para-hydroxylation sites is 1. The van der Waals surface area contributed by atoms with E-state index in [1.807, 2.05) is 84.9 Å². The summed E-state index contributed by atoms with van der Waals surface area (Å²) in [6.45, 7) is 0. The van der Waals surface area contributed by atoms with Crippen molar-refractivity contribution in [2.24, 2.45) is 0 Å². The first-order valence-electron chi connectivity index (χ1n) is 12.4. The van der Waals surface area contributed by atoms with Crippen LogP contribution < -0.4 is 4.74 Å². The second kappa shape index (κ2) is 13.2. The highest BCUT2D eigenvalue weighted by Gasteiger charge is 2.49. The Kier molecular flexibility index (Phi) is 9.47. The first kappa shape index (κ1) is 28.7. The van der Waals surface area contributed by atoms with Crippen molar-refractivity contribution in [1.29, 1.82) is 0 Å². The summed E-state index contributed by atoms with van der Waals surface area (Å²) in [5, 5.41) is 10.7. The van der Waals surface area contributed by atoms with E-state index >= 15 is 0 Å². The van der Waals surface area contributed by atoms with Gasteiger partial charge in [-0.15, -0.1) is 0 Å². The van der Waals surface area contributed by atoms with Crippen molar-refractivity contribution in [3.05, 3.63) is 125 Å². The number of nitrogens with zero attached hydrogens (tertiary/aromatic N) is 1. The van der Waals surface area contributed by atoms with E-state index < -0.39 is 29.6 Å². The van der Waals surface area contributed by atoms with Crippen molar-refractivity contribution in [2.45, 2.75) is 24.4 Å². The fourth-order valence-corrected chi connectivity index (χ4v) is 5.53. The van der Waals surface area contributed by atoms with Crippen LogP contribution in [0.3, 0.4) is 0 Å². The summed E-state index contributed by atoms with van der Waals surface area (Å²) < 4.78 is 22.1. The van der Waals surface area contributed by atoms with Crippen molar-refractivity contribution in [2.75, 3.05) is 7.11 Å². The van der Waals surface area contributed by atoms with Gasteiger partial charge < -0.3 is 14.7 Å². The molecule has 1 heterocycles. The van der Waals surface area contributed by atoms with Gasteiger partial charge in [-0.3, -0.25) is 4.79 Å². The summed E-state index contributed by atoms with van der Waals surface area (Å²) in [6, 6.07) is 30.4. The Morgan fingerprint density at radius 1 is 0.875 bits per heavy atom. The highest BCUT2D eigenvalue weighted by Crippen LogP contribution is 2.49. The van der Waals surface area contributed by atoms with E-state index in [4.69, 9.17) is 24.8 Å². The molecule has 40 heavy (non-hydrogen) atoms. The normalized spacial score (nSPS) is 17.9. The minimum absolute atomic E-state index is 0.223. The molecule has 3 atom stereocenters. The van der Waals surface area contributed by atoms with Crippen LogP contribution in [0.25, 0.3) is 11.1 Å². The van der Waals surface area contributed by atoms with Gasteiger partial charge >= 0.3 is 17.5 Å². The molecule has 9 heteroatoms. The van der Waals surface area contributed by atoms with E-state index in [-0.39, 0.29) is 11.8 Å². The van der Waals surface area contributed by atoms with Gasteiger partial charge in [-0.25, -0.2) is 4.79 Å². The second-order valence-corrected chi connectivity index (χ2v) is 9.67. The molecular formula is C31H26ClNO6S. The van der Waals surface area contributed by atoms with Gasteiger partial charge in [-0.2, -0.15) is 8.42 Å². The van der Waals surface area contributed by atoms with Gasteiger partial charge in [0.1, 0.15) is 11.8 Å². The van der Waals surface area contributed by atoms with Crippen molar-refractivity contribution in [1.82, 2.24) is 4.90 Å². The monoisotopic (exact) mass is 575 g/mol. The van der Waals surface area contributed by atoms with Crippen LogP contribution in [0.5, 0.6) is 5.75 Å². The third-order valence-corrected chi connectivity index (χ3v) is 7.36. The molecule has 7 nitrogen and oxygen atoms in total. The van der Waals surface area contributed by atoms with E-state index in [1.165, 1.54) is 4.90 Å². The number of hydrogen-bond donors (Lipinski definition) is 1. The molecule has 204 valence electrons. The van der Waals surface area contributed by atoms with E-state index in [1.54, 1.807) is 25.3 Å². The molecule has 0 aliphatic carbocycles. The Morgan fingerprint density at radius 3 is 2.10 bits per heavy atom. The average molecular weight is 576 g/mol. The Balaban J connectivity index is 0.00000118. The van der Waals surface area contributed by atoms with Crippen LogP contribution in [-0.2, 0) is 16.4 Å². The summed E-state index contributed by atoms with van der Waals surface area (Å²) in [5.41, 5.74) is 3.93. The lowest BCUT2D eigenvalue weighted by Crippen LogP contribution is -2.42. The molecule has 1 fully saturated rings. The molecule has 1 saturated heterocycles. The van der Waals surface area contributed by atoms with E-state index in [2.05, 4.69) is 0 Å². The number of aliphatic carboxylic acids is 1. The largest absolute Gasteiger partial charge is 0.496 e. The molecular weight excluding hydrogens is 550 g/mol. The SMILES string of the molecule is COc1ccccc1-c1ccc(C(=O)N2C(c3ccccc3Cl)[C@@H](c3ccccc3)C[C@H]2C(=O)O)cc1.O=S=O. The quantitative estimate of drug-likeness (QED) is 0.295. The molecule has 0 spiro atoms. The summed E-state index contributed by atoms with van der Waals surface area (Å²) >= 11 is 5.87. The van der Waals surface area contributed by atoms with Gasteiger partial charge in [0.15, 0.2) is 0 Å². The smallest absolute Gasteiger partial charge is 0.335 e. The number of methoxy groups -OCH3 is 1. The third kappa shape index (κ3) is 5.98. The molecule has 1 unspecified atom stereocenters. The van der Waals surface area contributed by atoms with Crippen molar-refractivity contribution in [3.63, 3.8) is 0 Å². The van der Waals surface area contributed by atoms with Gasteiger partial charge in [-0.1, -0.05) is 90.5 Å². The summed E-state index contributed by atoms with van der Waals surface area (Å²) in [4.78, 5) is 28.0. The average Bonchev–Trinajstić information content (AvgIpc) is 3.39. The van der Waals surface area contributed by atoms with Crippen molar-refractivity contribution in [3.8, 4) is 16.9 Å². The van der Waals surface area contributed by atoms with E-state index in [0.29, 0.717) is 17.0 Å². The van der Waals surface area contributed by atoms with Gasteiger partial charge in [0, 0.05) is 22.1 Å². The lowest BCUT2D eigenvalue weighted by molar-refractivity contribution is -0.141. The number of likely N-dealkylation sites (tertiary alicyclic amines) is 1. The molecule has 1 aliphatic rings. The van der Waals surface area contributed by atoms with Gasteiger partial charge in [0.05, 0.1) is 13.2 Å². The van der Waals surface area contributed by atoms with Crippen LogP contribution in [-0.4, -0.2) is 43.5 Å². The van der Waals surface area contributed by atoms with Crippen LogP contribution >= 0.6 is 11.6 Å². The first-order chi connectivity index (χ1) is 19.4. The van der Waals surface area contributed by atoms with Crippen LogP contribution in [0.1, 0.15) is 39.9 Å². The fourth-order valence-electron chi connectivity index (χ4n) is 5.28. The van der Waals surface area contributed by atoms with Crippen molar-refractivity contribution < 1.29 is 27.9 Å². The number of rotatable bonds is 6. The summed E-state index contributed by atoms with van der Waals surface area (Å²) in [6.07, 6.45) is 0.292. The van der Waals surface area contributed by atoms with Crippen LogP contribution in [0, 0.1) is 0 Å². The number of carbonyl (C=O) groups is 2. The molecule has 0 radical (unpaired) electrons. The van der Waals surface area contributed by atoms with Crippen LogP contribution in [0.15, 0.2) is 103 Å². The zero-order chi connectivity index (χ0) is 28.6. The van der Waals surface area contributed by atoms with Gasteiger partial charge in [0.2, 0.25) is 0 Å². The second-order valence-electron chi connectivity index (χ2n) is 9.13. The third-order valence-electron chi connectivity index (χ3n) is 7.01. The first-order valence-corrected chi connectivity index (χ1v) is 13.5. The zero-order valence-corrected chi connectivity index (χ0v) is 23.0. The van der Waals surface area contributed by atoms with E-state index in [9.17, 15) is 14.7 Å². The Bertz CT molecular complexity index is 1520. The highest BCUT2D eigenvalue weighted by atomic mass is 35.5. The number of carboxylic acid groups (broad SMARTS) is 1. The lowest BCUT2D eigenvalue weighted by atomic mass is 9.87. The van der Waals surface area contributed by atoms with Crippen LogP contribution in [0.2, 0.25) is 5.02 Å². The van der Waals surface area contributed by atoms with Gasteiger partial charge in [0.25, 0.3) is 5.91 Å². The topological polar surface area (TPSA) is 101 Å². The lowest BCUT2D eigenvalue weighted by Gasteiger charge is -2.31. The summed E-state index contributed by atoms with van der Waals surface area (Å²) in [7, 11) is 1.62. The number of hydrogen-bond acceptors (Lipinski definition) is 5. The minimum atomic E-state index is -1.03. The number of carbonyl (C=O) groups excluding carboxylic acids is 1. The van der Waals surface area contributed by atoms with Crippen LogP contribution in [0.4, 0.5) is 0 Å². The maximum atomic E-state index is 14.0. The Labute approximate surface area is 240 Å². The maximum Gasteiger partial charge on any atom is 0.335 e. The summed E-state index contributed by atoms with van der Waals surface area (Å²) in [5.74, 6) is -0.868. The number of benzene rings is 4. The molecule has 1 amide bonds. The number of halogens is 1. The molecule has 0 bridgehead atoms. The molecule has 0 aromatic heterocycles. The molecule has 1 aliphatic heterocycles. The standard InChI is InChI=1S/C31H26ClNO4.O2S/c1-37-28-14-8-6-11-23(28)21-15-17-22(18-16-21)30(34)33-27(31(35)36)19-25(20-9-3-2-4-10-20)29(33)24-12-5-7-13-26(24)32;1-3-2/h2-18,25,27,29H,19H2,1H3,(H,35,36);/t25-,27+,29?;/m1./s1. The molecule has 0 saturated carbocycles. The number of ether oxygens (including phenoxy) is 1. The molecule has 4 aromatic rings. The van der Waals surface area contributed by atoms with Crippen molar-refractivity contribution >= 4 is 35.0 Å². The number of amides is 1. The highest BCUT2D eigenvalue weighted by molar-refractivity contribution is 7.51. The number of carboxylic acids is 1.